The summed E-state index contributed by atoms with van der Waals surface area (Å²) in [5, 5.41) is 14.8. The van der Waals surface area contributed by atoms with E-state index in [2.05, 4.69) is 20.6 Å². The summed E-state index contributed by atoms with van der Waals surface area (Å²) in [5.74, 6) is 1.09. The van der Waals surface area contributed by atoms with E-state index in [1.54, 1.807) is 35.0 Å². The fraction of sp³-hybridized carbons (Fsp3) is 0.143. The van der Waals surface area contributed by atoms with Gasteiger partial charge in [-0.15, -0.1) is 5.10 Å². The highest BCUT2D eigenvalue weighted by Crippen LogP contribution is 2.23. The van der Waals surface area contributed by atoms with E-state index < -0.39 is 0 Å². The summed E-state index contributed by atoms with van der Waals surface area (Å²) in [6.45, 7) is 4.04. The molecule has 0 aliphatic carbocycles. The molecule has 8 heteroatoms. The van der Waals surface area contributed by atoms with Gasteiger partial charge in [-0.3, -0.25) is 14.8 Å². The third-order valence-electron chi connectivity index (χ3n) is 4.08. The molecule has 1 N–H and O–H groups in total. The van der Waals surface area contributed by atoms with Crippen LogP contribution in [0.15, 0.2) is 71.3 Å². The number of benzene rings is 2. The SMILES string of the molecule is CC(C)n1ccc(-c2nnc(NC(=O)c3cccc(Oc4ccccc4)c3)o2)n1. The minimum absolute atomic E-state index is 0.00141. The van der Waals surface area contributed by atoms with E-state index in [-0.39, 0.29) is 23.9 Å². The predicted octanol–water partition coefficient (Wildman–Crippen LogP) is 4.56. The molecule has 8 nitrogen and oxygen atoms in total. The Morgan fingerprint density at radius 3 is 2.59 bits per heavy atom. The number of hydrogen-bond donors (Lipinski definition) is 1. The summed E-state index contributed by atoms with van der Waals surface area (Å²) < 4.78 is 13.1. The molecule has 2 aromatic carbocycles. The largest absolute Gasteiger partial charge is 0.457 e. The third-order valence-corrected chi connectivity index (χ3v) is 4.08. The molecule has 1 amide bonds. The van der Waals surface area contributed by atoms with Gasteiger partial charge in [-0.2, -0.15) is 5.10 Å². The first-order valence-electron chi connectivity index (χ1n) is 9.12. The normalized spacial score (nSPS) is 10.9. The molecule has 29 heavy (non-hydrogen) atoms. The number of nitrogens with zero attached hydrogens (tertiary/aromatic N) is 4. The van der Waals surface area contributed by atoms with Crippen molar-refractivity contribution in [2.24, 2.45) is 0 Å². The van der Waals surface area contributed by atoms with Crippen LogP contribution >= 0.6 is 0 Å². The quantitative estimate of drug-likeness (QED) is 0.519. The van der Waals surface area contributed by atoms with E-state index in [4.69, 9.17) is 9.15 Å². The fourth-order valence-corrected chi connectivity index (χ4v) is 2.61. The molecule has 146 valence electrons. The van der Waals surface area contributed by atoms with Crippen LogP contribution in [0.1, 0.15) is 30.2 Å². The average molecular weight is 389 g/mol. The van der Waals surface area contributed by atoms with Crippen LogP contribution in [0.3, 0.4) is 0 Å². The van der Waals surface area contributed by atoms with Crippen LogP contribution in [0.25, 0.3) is 11.6 Å². The monoisotopic (exact) mass is 389 g/mol. The van der Waals surface area contributed by atoms with Crippen molar-refractivity contribution in [2.45, 2.75) is 19.9 Å². The number of carbonyl (C=O) groups excluding carboxylic acids is 1. The Hall–Kier alpha value is -3.94. The third kappa shape index (κ3) is 4.32. The Kier molecular flexibility index (Phi) is 5.07. The molecule has 0 atom stereocenters. The number of aromatic nitrogens is 4. The summed E-state index contributed by atoms with van der Waals surface area (Å²) in [4.78, 5) is 12.5. The molecule has 0 bridgehead atoms. The molecule has 0 saturated carbocycles. The van der Waals surface area contributed by atoms with Gasteiger partial charge in [0.25, 0.3) is 11.8 Å². The fourth-order valence-electron chi connectivity index (χ4n) is 2.61. The zero-order chi connectivity index (χ0) is 20.2. The second kappa shape index (κ2) is 7.97. The van der Waals surface area contributed by atoms with Crippen molar-refractivity contribution < 1.29 is 13.9 Å². The zero-order valence-corrected chi connectivity index (χ0v) is 15.9. The van der Waals surface area contributed by atoms with E-state index in [0.717, 1.165) is 0 Å². The molecule has 0 radical (unpaired) electrons. The molecule has 2 aromatic heterocycles. The molecular weight excluding hydrogens is 370 g/mol. The minimum atomic E-state index is -0.383. The first kappa shape index (κ1) is 18.4. The maximum Gasteiger partial charge on any atom is 0.322 e. The van der Waals surface area contributed by atoms with Crippen LogP contribution in [0.4, 0.5) is 6.01 Å². The molecule has 0 saturated heterocycles. The van der Waals surface area contributed by atoms with Gasteiger partial charge >= 0.3 is 6.01 Å². The number of amides is 1. The molecule has 0 unspecified atom stereocenters. The Morgan fingerprint density at radius 1 is 1.03 bits per heavy atom. The number of ether oxygens (including phenoxy) is 1. The lowest BCUT2D eigenvalue weighted by molar-refractivity contribution is 0.102. The highest BCUT2D eigenvalue weighted by atomic mass is 16.5. The summed E-state index contributed by atoms with van der Waals surface area (Å²) in [6, 6.07) is 18.2. The van der Waals surface area contributed by atoms with E-state index in [1.165, 1.54) is 0 Å². The number of hydrogen-bond acceptors (Lipinski definition) is 6. The summed E-state index contributed by atoms with van der Waals surface area (Å²) >= 11 is 0. The number of nitrogens with one attached hydrogen (secondary N) is 1. The van der Waals surface area contributed by atoms with Gasteiger partial charge in [0, 0.05) is 17.8 Å². The molecule has 0 spiro atoms. The highest BCUT2D eigenvalue weighted by molar-refractivity contribution is 6.03. The maximum absolute atomic E-state index is 12.5. The van der Waals surface area contributed by atoms with Crippen LogP contribution in [-0.2, 0) is 0 Å². The minimum Gasteiger partial charge on any atom is -0.457 e. The number of rotatable bonds is 6. The summed E-state index contributed by atoms with van der Waals surface area (Å²) in [7, 11) is 0. The molecule has 4 rings (SSSR count). The Bertz CT molecular complexity index is 1120. The lowest BCUT2D eigenvalue weighted by Crippen LogP contribution is -2.12. The van der Waals surface area contributed by atoms with Gasteiger partial charge in [-0.25, -0.2) is 0 Å². The predicted molar refractivity (Wildman–Crippen MR) is 107 cm³/mol. The van der Waals surface area contributed by atoms with Crippen LogP contribution < -0.4 is 10.1 Å². The van der Waals surface area contributed by atoms with E-state index in [0.29, 0.717) is 22.8 Å². The number of anilines is 1. The Labute approximate surface area is 167 Å². The van der Waals surface area contributed by atoms with Crippen LogP contribution in [0.2, 0.25) is 0 Å². The lowest BCUT2D eigenvalue weighted by Gasteiger charge is -2.07. The van der Waals surface area contributed by atoms with Crippen LogP contribution in [-0.4, -0.2) is 25.9 Å². The Balaban J connectivity index is 1.45. The lowest BCUT2D eigenvalue weighted by atomic mass is 10.2. The zero-order valence-electron chi connectivity index (χ0n) is 15.9. The number of para-hydroxylation sites is 1. The van der Waals surface area contributed by atoms with E-state index >= 15 is 0 Å². The molecular formula is C21H19N5O3. The Morgan fingerprint density at radius 2 is 1.83 bits per heavy atom. The van der Waals surface area contributed by atoms with Crippen molar-refractivity contribution >= 4 is 11.9 Å². The van der Waals surface area contributed by atoms with E-state index in [1.807, 2.05) is 50.4 Å². The topological polar surface area (TPSA) is 95.1 Å². The van der Waals surface area contributed by atoms with Crippen molar-refractivity contribution in [1.82, 2.24) is 20.0 Å². The van der Waals surface area contributed by atoms with E-state index in [9.17, 15) is 4.79 Å². The van der Waals surface area contributed by atoms with Crippen molar-refractivity contribution in [3.05, 3.63) is 72.4 Å². The van der Waals surface area contributed by atoms with Gasteiger partial charge < -0.3 is 9.15 Å². The second-order valence-corrected chi connectivity index (χ2v) is 6.58. The van der Waals surface area contributed by atoms with Crippen molar-refractivity contribution in [1.29, 1.82) is 0 Å². The molecule has 0 aliphatic rings. The van der Waals surface area contributed by atoms with Crippen molar-refractivity contribution in [3.63, 3.8) is 0 Å². The maximum atomic E-state index is 12.5. The highest BCUT2D eigenvalue weighted by Gasteiger charge is 2.15. The molecule has 2 heterocycles. The first-order chi connectivity index (χ1) is 14.1. The first-order valence-corrected chi connectivity index (χ1v) is 9.12. The molecule has 0 fully saturated rings. The molecule has 4 aromatic rings. The van der Waals surface area contributed by atoms with Gasteiger partial charge in [0.15, 0.2) is 0 Å². The van der Waals surface area contributed by atoms with Crippen molar-refractivity contribution in [2.75, 3.05) is 5.32 Å². The van der Waals surface area contributed by atoms with Crippen LogP contribution in [0.5, 0.6) is 11.5 Å². The van der Waals surface area contributed by atoms with Gasteiger partial charge in [0.2, 0.25) is 0 Å². The van der Waals surface area contributed by atoms with Crippen LogP contribution in [0, 0.1) is 0 Å². The van der Waals surface area contributed by atoms with Gasteiger partial charge in [0.05, 0.1) is 0 Å². The van der Waals surface area contributed by atoms with Crippen molar-refractivity contribution in [3.8, 4) is 23.1 Å². The average Bonchev–Trinajstić information content (AvgIpc) is 3.38. The standard InChI is InChI=1S/C21H19N5O3/c1-14(2)26-12-11-18(25-26)20-23-24-21(29-20)22-19(27)15-7-6-10-17(13-15)28-16-8-4-3-5-9-16/h3-14H,1-2H3,(H,22,24,27). The second-order valence-electron chi connectivity index (χ2n) is 6.58. The molecule has 0 aliphatic heterocycles. The van der Waals surface area contributed by atoms with Gasteiger partial charge in [-0.1, -0.05) is 29.4 Å². The van der Waals surface area contributed by atoms with Gasteiger partial charge in [0.1, 0.15) is 17.2 Å². The van der Waals surface area contributed by atoms with Gasteiger partial charge in [-0.05, 0) is 50.2 Å². The summed E-state index contributed by atoms with van der Waals surface area (Å²) in [5.41, 5.74) is 0.951. The number of carbonyl (C=O) groups is 1. The summed E-state index contributed by atoms with van der Waals surface area (Å²) in [6.07, 6.45) is 1.83. The smallest absolute Gasteiger partial charge is 0.322 e.